The van der Waals surface area contributed by atoms with Crippen LogP contribution in [0.4, 0.5) is 4.39 Å². The van der Waals surface area contributed by atoms with Crippen LogP contribution in [0.2, 0.25) is 0 Å². The van der Waals surface area contributed by atoms with Crippen molar-refractivity contribution in [1.82, 2.24) is 15.5 Å². The molecule has 25 heavy (non-hydrogen) atoms. The van der Waals surface area contributed by atoms with Crippen molar-refractivity contribution in [3.63, 3.8) is 0 Å². The fourth-order valence-electron chi connectivity index (χ4n) is 3.44. The van der Waals surface area contributed by atoms with Crippen LogP contribution in [0.1, 0.15) is 31.2 Å². The van der Waals surface area contributed by atoms with Crippen LogP contribution in [0.25, 0.3) is 0 Å². The summed E-state index contributed by atoms with van der Waals surface area (Å²) in [6.45, 7) is 1.29. The number of guanidine groups is 1. The van der Waals surface area contributed by atoms with Crippen LogP contribution in [-0.4, -0.2) is 51.0 Å². The molecule has 0 saturated heterocycles. The SMILES string of the molecule is CN=C(NCCc1ccc(F)cc1)NCC1(C(=O)N(C)C)CCCC1. The molecule has 1 aliphatic carbocycles. The van der Waals surface area contributed by atoms with E-state index in [1.54, 1.807) is 24.1 Å². The summed E-state index contributed by atoms with van der Waals surface area (Å²) in [4.78, 5) is 18.5. The first kappa shape index (κ1) is 19.2. The third kappa shape index (κ3) is 5.18. The maximum Gasteiger partial charge on any atom is 0.230 e. The smallest absolute Gasteiger partial charge is 0.230 e. The molecule has 0 heterocycles. The first-order valence-corrected chi connectivity index (χ1v) is 8.87. The van der Waals surface area contributed by atoms with Gasteiger partial charge >= 0.3 is 0 Å². The molecule has 0 unspecified atom stereocenters. The minimum absolute atomic E-state index is 0.194. The molecular weight excluding hydrogens is 319 g/mol. The topological polar surface area (TPSA) is 56.7 Å². The molecule has 0 spiro atoms. The third-order valence-corrected chi connectivity index (χ3v) is 4.86. The number of carbonyl (C=O) groups is 1. The predicted octanol–water partition coefficient (Wildman–Crippen LogP) is 2.18. The molecule has 1 fully saturated rings. The van der Waals surface area contributed by atoms with E-state index in [2.05, 4.69) is 15.6 Å². The maximum absolute atomic E-state index is 12.9. The van der Waals surface area contributed by atoms with Crippen molar-refractivity contribution in [2.45, 2.75) is 32.1 Å². The van der Waals surface area contributed by atoms with Crippen molar-refractivity contribution in [1.29, 1.82) is 0 Å². The van der Waals surface area contributed by atoms with Gasteiger partial charge in [-0.3, -0.25) is 9.79 Å². The average molecular weight is 348 g/mol. The average Bonchev–Trinajstić information content (AvgIpc) is 3.08. The van der Waals surface area contributed by atoms with Gasteiger partial charge in [0.1, 0.15) is 5.82 Å². The summed E-state index contributed by atoms with van der Waals surface area (Å²) >= 11 is 0. The van der Waals surface area contributed by atoms with Gasteiger partial charge in [-0.15, -0.1) is 0 Å². The molecule has 138 valence electrons. The van der Waals surface area contributed by atoms with Gasteiger partial charge in [0.25, 0.3) is 0 Å². The molecule has 1 aromatic carbocycles. The van der Waals surface area contributed by atoms with E-state index < -0.39 is 0 Å². The predicted molar refractivity (Wildman–Crippen MR) is 99.1 cm³/mol. The number of carbonyl (C=O) groups excluding carboxylic acids is 1. The zero-order valence-electron chi connectivity index (χ0n) is 15.4. The van der Waals surface area contributed by atoms with E-state index in [4.69, 9.17) is 0 Å². The molecule has 5 nitrogen and oxygen atoms in total. The Bertz CT molecular complexity index is 592. The fraction of sp³-hybridized carbons (Fsp3) is 0.579. The van der Waals surface area contributed by atoms with Crippen LogP contribution in [0.5, 0.6) is 0 Å². The first-order valence-electron chi connectivity index (χ1n) is 8.87. The Balaban J connectivity index is 1.84. The van der Waals surface area contributed by atoms with Gasteiger partial charge in [-0.2, -0.15) is 0 Å². The maximum atomic E-state index is 12.9. The van der Waals surface area contributed by atoms with Crippen molar-refractivity contribution in [2.75, 3.05) is 34.2 Å². The lowest BCUT2D eigenvalue weighted by molar-refractivity contribution is -0.138. The monoisotopic (exact) mass is 348 g/mol. The molecular formula is C19H29FN4O. The van der Waals surface area contributed by atoms with Gasteiger partial charge in [-0.05, 0) is 37.0 Å². The number of hydrogen-bond donors (Lipinski definition) is 2. The van der Waals surface area contributed by atoms with Crippen LogP contribution < -0.4 is 10.6 Å². The highest BCUT2D eigenvalue weighted by atomic mass is 19.1. The van der Waals surface area contributed by atoms with Crippen molar-refractivity contribution in [3.05, 3.63) is 35.6 Å². The van der Waals surface area contributed by atoms with Crippen LogP contribution in [-0.2, 0) is 11.2 Å². The van der Waals surface area contributed by atoms with Gasteiger partial charge in [0.15, 0.2) is 5.96 Å². The van der Waals surface area contributed by atoms with Crippen LogP contribution in [0.3, 0.4) is 0 Å². The molecule has 0 aromatic heterocycles. The van der Waals surface area contributed by atoms with Crippen LogP contribution in [0, 0.1) is 11.2 Å². The van der Waals surface area contributed by atoms with Gasteiger partial charge in [0, 0.05) is 34.2 Å². The van der Waals surface area contributed by atoms with E-state index in [-0.39, 0.29) is 17.1 Å². The lowest BCUT2D eigenvalue weighted by Crippen LogP contribution is -2.49. The quantitative estimate of drug-likeness (QED) is 0.612. The number of rotatable bonds is 6. The number of hydrogen-bond acceptors (Lipinski definition) is 2. The lowest BCUT2D eigenvalue weighted by atomic mass is 9.84. The van der Waals surface area contributed by atoms with E-state index in [1.165, 1.54) is 12.1 Å². The number of nitrogens with one attached hydrogen (secondary N) is 2. The number of benzene rings is 1. The van der Waals surface area contributed by atoms with Crippen molar-refractivity contribution < 1.29 is 9.18 Å². The molecule has 1 amide bonds. The molecule has 0 bridgehead atoms. The third-order valence-electron chi connectivity index (χ3n) is 4.86. The van der Waals surface area contributed by atoms with Crippen molar-refractivity contribution in [3.8, 4) is 0 Å². The summed E-state index contributed by atoms with van der Waals surface area (Å²) in [5, 5.41) is 6.58. The Morgan fingerprint density at radius 3 is 2.40 bits per heavy atom. The van der Waals surface area contributed by atoms with E-state index in [0.717, 1.165) is 37.7 Å². The Hall–Kier alpha value is -2.11. The van der Waals surface area contributed by atoms with E-state index >= 15 is 0 Å². The molecule has 6 heteroatoms. The summed E-state index contributed by atoms with van der Waals surface area (Å²) in [7, 11) is 5.36. The highest BCUT2D eigenvalue weighted by Crippen LogP contribution is 2.38. The second-order valence-electron chi connectivity index (χ2n) is 6.92. The van der Waals surface area contributed by atoms with Gasteiger partial charge < -0.3 is 15.5 Å². The largest absolute Gasteiger partial charge is 0.356 e. The second kappa shape index (κ2) is 8.83. The highest BCUT2D eigenvalue weighted by molar-refractivity contribution is 5.85. The molecule has 0 radical (unpaired) electrons. The summed E-state index contributed by atoms with van der Waals surface area (Å²) in [5.41, 5.74) is 0.748. The van der Waals surface area contributed by atoms with E-state index in [9.17, 15) is 9.18 Å². The Kier molecular flexibility index (Phi) is 6.79. The molecule has 0 aliphatic heterocycles. The Labute approximate surface area is 149 Å². The molecule has 1 aromatic rings. The number of amides is 1. The normalized spacial score (nSPS) is 16.6. The van der Waals surface area contributed by atoms with Crippen molar-refractivity contribution >= 4 is 11.9 Å². The van der Waals surface area contributed by atoms with Gasteiger partial charge in [-0.1, -0.05) is 25.0 Å². The van der Waals surface area contributed by atoms with Crippen LogP contribution in [0.15, 0.2) is 29.3 Å². The number of aliphatic imine (C=N–C) groups is 1. The van der Waals surface area contributed by atoms with Gasteiger partial charge in [-0.25, -0.2) is 4.39 Å². The summed E-state index contributed by atoms with van der Waals surface area (Å²) in [5.74, 6) is 0.667. The Morgan fingerprint density at radius 2 is 1.84 bits per heavy atom. The molecule has 1 aliphatic rings. The zero-order valence-corrected chi connectivity index (χ0v) is 15.4. The van der Waals surface area contributed by atoms with Gasteiger partial charge in [0.2, 0.25) is 5.91 Å². The molecule has 2 N–H and O–H groups in total. The summed E-state index contributed by atoms with van der Waals surface area (Å²) in [6.07, 6.45) is 4.81. The Morgan fingerprint density at radius 1 is 1.20 bits per heavy atom. The number of nitrogens with zero attached hydrogens (tertiary/aromatic N) is 2. The number of halogens is 1. The minimum atomic E-state index is -0.321. The second-order valence-corrected chi connectivity index (χ2v) is 6.92. The summed E-state index contributed by atoms with van der Waals surface area (Å²) < 4.78 is 12.9. The van der Waals surface area contributed by atoms with E-state index in [1.807, 2.05) is 14.1 Å². The lowest BCUT2D eigenvalue weighted by Gasteiger charge is -2.31. The molecule has 1 saturated carbocycles. The minimum Gasteiger partial charge on any atom is -0.356 e. The fourth-order valence-corrected chi connectivity index (χ4v) is 3.44. The first-order chi connectivity index (χ1) is 12.0. The zero-order chi connectivity index (χ0) is 18.3. The van der Waals surface area contributed by atoms with Gasteiger partial charge in [0.05, 0.1) is 5.41 Å². The van der Waals surface area contributed by atoms with Crippen molar-refractivity contribution in [2.24, 2.45) is 10.4 Å². The standard InChI is InChI=1S/C19H29FN4O/c1-21-18(22-13-10-15-6-8-16(20)9-7-15)23-14-19(11-4-5-12-19)17(25)24(2)3/h6-9H,4-5,10-14H2,1-3H3,(H2,21,22,23). The highest BCUT2D eigenvalue weighted by Gasteiger charge is 2.42. The van der Waals surface area contributed by atoms with Crippen LogP contribution >= 0.6 is 0 Å². The van der Waals surface area contributed by atoms with E-state index in [0.29, 0.717) is 19.0 Å². The summed E-state index contributed by atoms with van der Waals surface area (Å²) in [6, 6.07) is 6.52. The molecule has 0 atom stereocenters. The molecule has 2 rings (SSSR count).